The molecule has 0 bridgehead atoms. The molecule has 3 N–H and O–H groups in total. The molecule has 6 heteroatoms. The standard InChI is InChI=1S/C15H26N4O2/c1-11-10-14(19(2)18-11)17-15(21)16-13(8-9-20)12-6-4-3-5-7-12/h10,12-13,20H,3-9H2,1-2H3,(H2,16,17,21)/t13-/m0/s1. The van der Waals surface area contributed by atoms with E-state index in [2.05, 4.69) is 15.7 Å². The van der Waals surface area contributed by atoms with Crippen LogP contribution in [0.5, 0.6) is 0 Å². The first-order valence-corrected chi connectivity index (χ1v) is 7.79. The molecule has 1 aliphatic carbocycles. The van der Waals surface area contributed by atoms with E-state index in [0.717, 1.165) is 18.5 Å². The minimum atomic E-state index is -0.220. The molecule has 1 aliphatic rings. The van der Waals surface area contributed by atoms with Crippen LogP contribution in [-0.4, -0.2) is 33.6 Å². The fraction of sp³-hybridized carbons (Fsp3) is 0.733. The van der Waals surface area contributed by atoms with Gasteiger partial charge in [0.15, 0.2) is 0 Å². The van der Waals surface area contributed by atoms with Crippen molar-refractivity contribution < 1.29 is 9.90 Å². The molecule has 1 saturated carbocycles. The van der Waals surface area contributed by atoms with E-state index in [1.54, 1.807) is 11.7 Å². The summed E-state index contributed by atoms with van der Waals surface area (Å²) in [4.78, 5) is 12.2. The number of aromatic nitrogens is 2. The minimum absolute atomic E-state index is 0.0459. The van der Waals surface area contributed by atoms with Crippen molar-refractivity contribution in [3.63, 3.8) is 0 Å². The number of nitrogens with one attached hydrogen (secondary N) is 2. The van der Waals surface area contributed by atoms with Crippen LogP contribution in [0.4, 0.5) is 10.6 Å². The lowest BCUT2D eigenvalue weighted by Crippen LogP contribution is -2.44. The molecule has 0 radical (unpaired) electrons. The van der Waals surface area contributed by atoms with E-state index in [1.165, 1.54) is 19.3 Å². The number of hydrogen-bond donors (Lipinski definition) is 3. The highest BCUT2D eigenvalue weighted by Gasteiger charge is 2.24. The van der Waals surface area contributed by atoms with Crippen molar-refractivity contribution >= 4 is 11.8 Å². The van der Waals surface area contributed by atoms with Gasteiger partial charge in [-0.3, -0.25) is 10.00 Å². The number of aryl methyl sites for hydroxylation is 2. The predicted octanol–water partition coefficient (Wildman–Crippen LogP) is 2.18. The highest BCUT2D eigenvalue weighted by Crippen LogP contribution is 2.27. The van der Waals surface area contributed by atoms with E-state index in [9.17, 15) is 9.90 Å². The number of anilines is 1. The van der Waals surface area contributed by atoms with Gasteiger partial charge < -0.3 is 10.4 Å². The van der Waals surface area contributed by atoms with E-state index >= 15 is 0 Å². The SMILES string of the molecule is Cc1cc(NC(=O)N[C@@H](CCO)C2CCCCC2)n(C)n1. The fourth-order valence-electron chi connectivity index (χ4n) is 3.15. The molecule has 1 aromatic heterocycles. The summed E-state index contributed by atoms with van der Waals surface area (Å²) in [5, 5.41) is 19.3. The number of hydrogen-bond acceptors (Lipinski definition) is 3. The van der Waals surface area contributed by atoms with E-state index in [0.29, 0.717) is 18.2 Å². The summed E-state index contributed by atoms with van der Waals surface area (Å²) in [7, 11) is 1.80. The number of urea groups is 1. The van der Waals surface area contributed by atoms with Crippen LogP contribution in [0.15, 0.2) is 6.07 Å². The molecule has 2 rings (SSSR count). The van der Waals surface area contributed by atoms with Gasteiger partial charge in [-0.2, -0.15) is 5.10 Å². The molecule has 1 heterocycles. The molecule has 0 unspecified atom stereocenters. The number of rotatable bonds is 5. The van der Waals surface area contributed by atoms with Gasteiger partial charge in [0.2, 0.25) is 0 Å². The summed E-state index contributed by atoms with van der Waals surface area (Å²) in [6.07, 6.45) is 6.60. The van der Waals surface area contributed by atoms with Crippen molar-refractivity contribution in [3.05, 3.63) is 11.8 Å². The summed E-state index contributed by atoms with van der Waals surface area (Å²) in [5.74, 6) is 1.15. The summed E-state index contributed by atoms with van der Waals surface area (Å²) in [6.45, 7) is 1.99. The van der Waals surface area contributed by atoms with Crippen LogP contribution in [0.2, 0.25) is 0 Å². The van der Waals surface area contributed by atoms with E-state index in [-0.39, 0.29) is 18.7 Å². The molecule has 1 atom stereocenters. The van der Waals surface area contributed by atoms with Crippen molar-refractivity contribution in [2.75, 3.05) is 11.9 Å². The van der Waals surface area contributed by atoms with Crippen LogP contribution in [-0.2, 0) is 7.05 Å². The Hall–Kier alpha value is -1.56. The van der Waals surface area contributed by atoms with Gasteiger partial charge in [-0.1, -0.05) is 19.3 Å². The van der Waals surface area contributed by atoms with Gasteiger partial charge >= 0.3 is 6.03 Å². The van der Waals surface area contributed by atoms with E-state index < -0.39 is 0 Å². The number of carbonyl (C=O) groups excluding carboxylic acids is 1. The monoisotopic (exact) mass is 294 g/mol. The Balaban J connectivity index is 1.92. The third kappa shape index (κ3) is 4.46. The lowest BCUT2D eigenvalue weighted by Gasteiger charge is -2.30. The average molecular weight is 294 g/mol. The first kappa shape index (κ1) is 15.8. The zero-order chi connectivity index (χ0) is 15.2. The summed E-state index contributed by atoms with van der Waals surface area (Å²) in [6, 6.07) is 1.66. The average Bonchev–Trinajstić information content (AvgIpc) is 2.77. The zero-order valence-electron chi connectivity index (χ0n) is 12.9. The van der Waals surface area contributed by atoms with Gasteiger partial charge in [-0.25, -0.2) is 4.79 Å². The Morgan fingerprint density at radius 3 is 2.76 bits per heavy atom. The quantitative estimate of drug-likeness (QED) is 0.779. The number of aliphatic hydroxyl groups excluding tert-OH is 1. The van der Waals surface area contributed by atoms with Gasteiger partial charge in [-0.15, -0.1) is 0 Å². The summed E-state index contributed by atoms with van der Waals surface area (Å²) < 4.78 is 1.65. The molecule has 2 amide bonds. The topological polar surface area (TPSA) is 79.2 Å². The maximum Gasteiger partial charge on any atom is 0.320 e. The fourth-order valence-corrected chi connectivity index (χ4v) is 3.15. The summed E-state index contributed by atoms with van der Waals surface area (Å²) >= 11 is 0. The van der Waals surface area contributed by atoms with Crippen LogP contribution in [0.1, 0.15) is 44.2 Å². The summed E-state index contributed by atoms with van der Waals surface area (Å²) in [5.41, 5.74) is 0.868. The number of aliphatic hydroxyl groups is 1. The zero-order valence-corrected chi connectivity index (χ0v) is 12.9. The number of nitrogens with zero attached hydrogens (tertiary/aromatic N) is 2. The molecule has 6 nitrogen and oxygen atoms in total. The van der Waals surface area contributed by atoms with Crippen LogP contribution >= 0.6 is 0 Å². The molecule has 1 fully saturated rings. The van der Waals surface area contributed by atoms with Crippen molar-refractivity contribution in [1.82, 2.24) is 15.1 Å². The third-order valence-electron chi connectivity index (χ3n) is 4.22. The van der Waals surface area contributed by atoms with Crippen LogP contribution in [0.3, 0.4) is 0 Å². The second-order valence-electron chi connectivity index (χ2n) is 5.91. The van der Waals surface area contributed by atoms with Gasteiger partial charge in [0.1, 0.15) is 5.82 Å². The Kier molecular flexibility index (Phi) is 5.61. The minimum Gasteiger partial charge on any atom is -0.396 e. The number of carbonyl (C=O) groups is 1. The predicted molar refractivity (Wildman–Crippen MR) is 82.2 cm³/mol. The Morgan fingerprint density at radius 2 is 2.19 bits per heavy atom. The van der Waals surface area contributed by atoms with Crippen molar-refractivity contribution in [1.29, 1.82) is 0 Å². The maximum atomic E-state index is 12.2. The van der Waals surface area contributed by atoms with Gasteiger partial charge in [-0.05, 0) is 32.1 Å². The Labute approximate surface area is 125 Å². The van der Waals surface area contributed by atoms with Crippen LogP contribution < -0.4 is 10.6 Å². The van der Waals surface area contributed by atoms with Gasteiger partial charge in [0.25, 0.3) is 0 Å². The second kappa shape index (κ2) is 7.45. The molecule has 21 heavy (non-hydrogen) atoms. The molecule has 0 aliphatic heterocycles. The van der Waals surface area contributed by atoms with Gasteiger partial charge in [0, 0.05) is 25.8 Å². The Morgan fingerprint density at radius 1 is 1.48 bits per heavy atom. The van der Waals surface area contributed by atoms with E-state index in [4.69, 9.17) is 0 Å². The smallest absolute Gasteiger partial charge is 0.320 e. The number of amides is 2. The lowest BCUT2D eigenvalue weighted by molar-refractivity contribution is 0.202. The molecule has 0 spiro atoms. The normalized spacial score (nSPS) is 17.5. The first-order valence-electron chi connectivity index (χ1n) is 7.79. The molecular weight excluding hydrogens is 268 g/mol. The van der Waals surface area contributed by atoms with Crippen molar-refractivity contribution in [3.8, 4) is 0 Å². The second-order valence-corrected chi connectivity index (χ2v) is 5.91. The van der Waals surface area contributed by atoms with Crippen LogP contribution in [0, 0.1) is 12.8 Å². The first-order chi connectivity index (χ1) is 10.1. The van der Waals surface area contributed by atoms with Crippen molar-refractivity contribution in [2.24, 2.45) is 13.0 Å². The third-order valence-corrected chi connectivity index (χ3v) is 4.22. The Bertz CT molecular complexity index is 466. The highest BCUT2D eigenvalue weighted by atomic mass is 16.3. The molecular formula is C15H26N4O2. The maximum absolute atomic E-state index is 12.2. The van der Waals surface area contributed by atoms with Gasteiger partial charge in [0.05, 0.1) is 5.69 Å². The molecule has 118 valence electrons. The largest absolute Gasteiger partial charge is 0.396 e. The molecule has 0 aromatic carbocycles. The van der Waals surface area contributed by atoms with Crippen LogP contribution in [0.25, 0.3) is 0 Å². The molecule has 0 saturated heterocycles. The van der Waals surface area contributed by atoms with E-state index in [1.807, 2.05) is 13.0 Å². The lowest BCUT2D eigenvalue weighted by atomic mass is 9.83. The highest BCUT2D eigenvalue weighted by molar-refractivity contribution is 5.88. The molecule has 1 aromatic rings. The van der Waals surface area contributed by atoms with Crippen molar-refractivity contribution in [2.45, 2.75) is 51.5 Å².